The van der Waals surface area contributed by atoms with Crippen LogP contribution in [-0.2, 0) is 0 Å². The molecule has 0 radical (unpaired) electrons. The van der Waals surface area contributed by atoms with Crippen LogP contribution in [0.4, 0.5) is 5.69 Å². The largest absolute Gasteiger partial charge is 0.495 e. The lowest BCUT2D eigenvalue weighted by Crippen LogP contribution is -2.43. The number of carbonyl (C=O) groups is 1. The van der Waals surface area contributed by atoms with Crippen LogP contribution in [0.25, 0.3) is 10.9 Å². The Morgan fingerprint density at radius 3 is 2.72 bits per heavy atom. The van der Waals surface area contributed by atoms with Crippen molar-refractivity contribution in [2.24, 2.45) is 0 Å². The van der Waals surface area contributed by atoms with Crippen molar-refractivity contribution in [3.05, 3.63) is 59.2 Å². The van der Waals surface area contributed by atoms with Crippen LogP contribution in [0.1, 0.15) is 10.5 Å². The number of aromatic amines is 1. The molecule has 128 valence electrons. The molecule has 0 saturated carbocycles. The number of methoxy groups -OCH3 is 1. The van der Waals surface area contributed by atoms with Gasteiger partial charge in [0.1, 0.15) is 11.4 Å². The van der Waals surface area contributed by atoms with Crippen LogP contribution in [0.5, 0.6) is 5.75 Å². The first-order chi connectivity index (χ1) is 12.1. The molecule has 0 aliphatic rings. The second-order valence-corrected chi connectivity index (χ2v) is 5.93. The van der Waals surface area contributed by atoms with E-state index in [9.17, 15) is 4.79 Å². The summed E-state index contributed by atoms with van der Waals surface area (Å²) in [4.78, 5) is 15.3. The lowest BCUT2D eigenvalue weighted by atomic mass is 10.2. The van der Waals surface area contributed by atoms with Gasteiger partial charge >= 0.3 is 0 Å². The smallest absolute Gasteiger partial charge is 0.286 e. The highest BCUT2D eigenvalue weighted by molar-refractivity contribution is 7.80. The predicted molar refractivity (Wildman–Crippen MR) is 103 cm³/mol. The highest BCUT2D eigenvalue weighted by Gasteiger charge is 2.11. The Labute approximate surface area is 154 Å². The summed E-state index contributed by atoms with van der Waals surface area (Å²) >= 11 is 11.3. The van der Waals surface area contributed by atoms with Crippen molar-refractivity contribution in [2.75, 3.05) is 12.4 Å². The molecule has 8 heteroatoms. The van der Waals surface area contributed by atoms with E-state index in [1.54, 1.807) is 25.3 Å². The first-order valence-corrected chi connectivity index (χ1v) is 8.14. The van der Waals surface area contributed by atoms with Gasteiger partial charge in [-0.3, -0.25) is 15.6 Å². The van der Waals surface area contributed by atoms with E-state index in [0.717, 1.165) is 10.9 Å². The fourth-order valence-electron chi connectivity index (χ4n) is 2.32. The van der Waals surface area contributed by atoms with Gasteiger partial charge in [0.2, 0.25) is 0 Å². The van der Waals surface area contributed by atoms with Gasteiger partial charge in [0.15, 0.2) is 5.11 Å². The van der Waals surface area contributed by atoms with Gasteiger partial charge in [-0.25, -0.2) is 0 Å². The topological polar surface area (TPSA) is 78.2 Å². The molecule has 0 fully saturated rings. The number of hydrogen-bond acceptors (Lipinski definition) is 3. The minimum Gasteiger partial charge on any atom is -0.495 e. The molecule has 3 rings (SSSR count). The number of benzene rings is 2. The number of amides is 1. The third-order valence-electron chi connectivity index (χ3n) is 3.50. The molecule has 6 nitrogen and oxygen atoms in total. The van der Waals surface area contributed by atoms with Crippen molar-refractivity contribution in [3.63, 3.8) is 0 Å². The minimum absolute atomic E-state index is 0.229. The van der Waals surface area contributed by atoms with Crippen LogP contribution >= 0.6 is 23.8 Å². The number of carbonyl (C=O) groups excluding carboxylic acids is 1. The summed E-state index contributed by atoms with van der Waals surface area (Å²) in [6.45, 7) is 0. The zero-order valence-electron chi connectivity index (χ0n) is 13.2. The Bertz CT molecular complexity index is 941. The van der Waals surface area contributed by atoms with E-state index in [2.05, 4.69) is 21.2 Å². The van der Waals surface area contributed by atoms with Crippen molar-refractivity contribution < 1.29 is 9.53 Å². The molecule has 0 atom stereocenters. The summed E-state index contributed by atoms with van der Waals surface area (Å²) in [6.07, 6.45) is 0. The molecule has 1 aromatic heterocycles. The minimum atomic E-state index is -0.364. The molecular weight excluding hydrogens is 360 g/mol. The standard InChI is InChI=1S/C17H15ClN4O2S/c1-24-15-8-3-2-6-13(15)20-17(25)22-21-16(23)14-9-10-11(18)5-4-7-12(10)19-14/h2-9,19H,1H3,(H,21,23)(H2,20,22,25). The van der Waals surface area contributed by atoms with Crippen molar-refractivity contribution in [1.82, 2.24) is 15.8 Å². The van der Waals surface area contributed by atoms with Crippen molar-refractivity contribution in [2.45, 2.75) is 0 Å². The first kappa shape index (κ1) is 17.1. The molecule has 0 aliphatic carbocycles. The van der Waals surface area contributed by atoms with E-state index in [1.165, 1.54) is 0 Å². The van der Waals surface area contributed by atoms with Gasteiger partial charge in [0.25, 0.3) is 5.91 Å². The third kappa shape index (κ3) is 3.84. The van der Waals surface area contributed by atoms with Crippen LogP contribution in [0, 0.1) is 0 Å². The van der Waals surface area contributed by atoms with Gasteiger partial charge in [-0.1, -0.05) is 29.8 Å². The third-order valence-corrected chi connectivity index (χ3v) is 4.03. The Kier molecular flexibility index (Phi) is 5.06. The van der Waals surface area contributed by atoms with Gasteiger partial charge < -0.3 is 15.0 Å². The van der Waals surface area contributed by atoms with Gasteiger partial charge in [-0.15, -0.1) is 0 Å². The zero-order valence-corrected chi connectivity index (χ0v) is 14.8. The molecule has 25 heavy (non-hydrogen) atoms. The number of nitrogens with one attached hydrogen (secondary N) is 4. The molecule has 0 spiro atoms. The number of para-hydroxylation sites is 2. The van der Waals surface area contributed by atoms with E-state index in [-0.39, 0.29) is 11.0 Å². The van der Waals surface area contributed by atoms with Gasteiger partial charge in [0, 0.05) is 15.9 Å². The molecule has 0 saturated heterocycles. The summed E-state index contributed by atoms with van der Waals surface area (Å²) < 4.78 is 5.23. The van der Waals surface area contributed by atoms with Crippen LogP contribution < -0.4 is 20.9 Å². The number of fused-ring (bicyclic) bond motifs is 1. The first-order valence-electron chi connectivity index (χ1n) is 7.36. The van der Waals surface area contributed by atoms with Gasteiger partial charge in [0.05, 0.1) is 12.8 Å². The molecule has 0 unspecified atom stereocenters. The quantitative estimate of drug-likeness (QED) is 0.417. The van der Waals surface area contributed by atoms with Crippen molar-refractivity contribution in [1.29, 1.82) is 0 Å². The van der Waals surface area contributed by atoms with E-state index < -0.39 is 0 Å². The van der Waals surface area contributed by atoms with Crippen LogP contribution in [0.15, 0.2) is 48.5 Å². The number of halogens is 1. The predicted octanol–water partition coefficient (Wildman–Crippen LogP) is 3.46. The van der Waals surface area contributed by atoms with E-state index in [4.69, 9.17) is 28.6 Å². The molecule has 4 N–H and O–H groups in total. The fraction of sp³-hybridized carbons (Fsp3) is 0.0588. The molecule has 0 bridgehead atoms. The van der Waals surface area contributed by atoms with Crippen LogP contribution in [-0.4, -0.2) is 23.1 Å². The van der Waals surface area contributed by atoms with E-state index in [0.29, 0.717) is 22.2 Å². The highest BCUT2D eigenvalue weighted by Crippen LogP contribution is 2.24. The lowest BCUT2D eigenvalue weighted by molar-refractivity contribution is 0.0940. The summed E-state index contributed by atoms with van der Waals surface area (Å²) in [7, 11) is 1.57. The van der Waals surface area contributed by atoms with Crippen LogP contribution in [0.3, 0.4) is 0 Å². The summed E-state index contributed by atoms with van der Waals surface area (Å²) in [6, 6.07) is 14.4. The maximum atomic E-state index is 12.2. The Morgan fingerprint density at radius 2 is 1.96 bits per heavy atom. The highest BCUT2D eigenvalue weighted by atomic mass is 35.5. The maximum Gasteiger partial charge on any atom is 0.286 e. The number of hydrogen-bond donors (Lipinski definition) is 4. The number of rotatable bonds is 3. The van der Waals surface area contributed by atoms with E-state index >= 15 is 0 Å². The Balaban J connectivity index is 1.63. The second-order valence-electron chi connectivity index (χ2n) is 5.12. The number of thiocarbonyl (C=S) groups is 1. The van der Waals surface area contributed by atoms with Gasteiger partial charge in [-0.2, -0.15) is 0 Å². The van der Waals surface area contributed by atoms with Crippen molar-refractivity contribution >= 4 is 51.4 Å². The summed E-state index contributed by atoms with van der Waals surface area (Å²) in [5.74, 6) is 0.277. The number of H-pyrrole nitrogens is 1. The summed E-state index contributed by atoms with van der Waals surface area (Å²) in [5.41, 5.74) is 7.03. The average Bonchev–Trinajstić information content (AvgIpc) is 3.06. The molecule has 1 amide bonds. The molecule has 1 heterocycles. The SMILES string of the molecule is COc1ccccc1NC(=S)NNC(=O)c1cc2c(Cl)cccc2[nH]1. The Hall–Kier alpha value is -2.77. The van der Waals surface area contributed by atoms with E-state index in [1.807, 2.05) is 30.3 Å². The number of aromatic nitrogens is 1. The number of hydrazine groups is 1. The molecule has 3 aromatic rings. The molecular formula is C17H15ClN4O2S. The number of ether oxygens (including phenoxy) is 1. The van der Waals surface area contributed by atoms with Gasteiger partial charge in [-0.05, 0) is 42.5 Å². The zero-order chi connectivity index (χ0) is 17.8. The monoisotopic (exact) mass is 374 g/mol. The lowest BCUT2D eigenvalue weighted by Gasteiger charge is -2.13. The molecule has 0 aliphatic heterocycles. The van der Waals surface area contributed by atoms with Crippen LogP contribution in [0.2, 0.25) is 5.02 Å². The average molecular weight is 375 g/mol. The molecule has 2 aromatic carbocycles. The number of anilines is 1. The fourth-order valence-corrected chi connectivity index (χ4v) is 2.71. The normalized spacial score (nSPS) is 10.3. The van der Waals surface area contributed by atoms with Crippen molar-refractivity contribution in [3.8, 4) is 5.75 Å². The summed E-state index contributed by atoms with van der Waals surface area (Å²) in [5, 5.41) is 4.54. The Morgan fingerprint density at radius 1 is 1.16 bits per heavy atom. The second kappa shape index (κ2) is 7.42. The maximum absolute atomic E-state index is 12.2.